The molecule has 0 unspecified atom stereocenters. The molecule has 1 aromatic rings. The second kappa shape index (κ2) is 4.92. The zero-order valence-corrected chi connectivity index (χ0v) is 10.5. The van der Waals surface area contributed by atoms with Crippen LogP contribution in [0, 0.1) is 0 Å². The molecule has 18 heavy (non-hydrogen) atoms. The second-order valence-electron chi connectivity index (χ2n) is 5.22. The van der Waals surface area contributed by atoms with Crippen LogP contribution in [0.15, 0.2) is 24.3 Å². The summed E-state index contributed by atoms with van der Waals surface area (Å²) in [6.07, 6.45) is 2.76. The summed E-state index contributed by atoms with van der Waals surface area (Å²) < 4.78 is 0. The molecular formula is C13H19BN2O2. The lowest BCUT2D eigenvalue weighted by atomic mass is 9.80. The first-order valence-corrected chi connectivity index (χ1v) is 6.69. The van der Waals surface area contributed by atoms with Gasteiger partial charge in [0.05, 0.1) is 0 Å². The van der Waals surface area contributed by atoms with Gasteiger partial charge in [0.2, 0.25) is 0 Å². The van der Waals surface area contributed by atoms with Crippen LogP contribution in [0.1, 0.15) is 12.8 Å². The summed E-state index contributed by atoms with van der Waals surface area (Å²) in [5, 5.41) is 18.1. The Balaban J connectivity index is 1.61. The minimum absolute atomic E-state index is 0.551. The van der Waals surface area contributed by atoms with Gasteiger partial charge in [0.15, 0.2) is 0 Å². The fraction of sp³-hybridized carbons (Fsp3) is 0.538. The van der Waals surface area contributed by atoms with Crippen LogP contribution in [-0.4, -0.2) is 54.3 Å². The van der Waals surface area contributed by atoms with Crippen molar-refractivity contribution in [1.29, 1.82) is 0 Å². The van der Waals surface area contributed by atoms with Gasteiger partial charge < -0.3 is 14.9 Å². The third-order valence-electron chi connectivity index (χ3n) is 3.93. The van der Waals surface area contributed by atoms with Gasteiger partial charge >= 0.3 is 7.12 Å². The highest BCUT2D eigenvalue weighted by atomic mass is 16.4. The topological polar surface area (TPSA) is 46.9 Å². The molecule has 0 aromatic heterocycles. The van der Waals surface area contributed by atoms with Crippen LogP contribution in [0.3, 0.4) is 0 Å². The smallest absolute Gasteiger partial charge is 0.423 e. The third kappa shape index (κ3) is 2.53. The number of anilines is 1. The van der Waals surface area contributed by atoms with Crippen molar-refractivity contribution in [3.63, 3.8) is 0 Å². The molecule has 5 heteroatoms. The van der Waals surface area contributed by atoms with E-state index in [1.54, 1.807) is 12.1 Å². The Labute approximate surface area is 108 Å². The molecule has 2 fully saturated rings. The predicted octanol–water partition coefficient (Wildman–Crippen LogP) is -0.349. The molecule has 1 aromatic carbocycles. The molecule has 1 heterocycles. The van der Waals surface area contributed by atoms with E-state index in [0.29, 0.717) is 5.46 Å². The molecule has 0 bridgehead atoms. The Kier molecular flexibility index (Phi) is 3.28. The Morgan fingerprint density at radius 2 is 1.56 bits per heavy atom. The van der Waals surface area contributed by atoms with Gasteiger partial charge in [-0.1, -0.05) is 12.1 Å². The molecule has 1 saturated carbocycles. The Hall–Kier alpha value is -1.04. The van der Waals surface area contributed by atoms with E-state index < -0.39 is 7.12 Å². The Bertz CT molecular complexity index is 398. The maximum atomic E-state index is 9.06. The number of hydrogen-bond donors (Lipinski definition) is 2. The van der Waals surface area contributed by atoms with E-state index in [4.69, 9.17) is 10.0 Å². The molecule has 0 amide bonds. The number of hydrogen-bond acceptors (Lipinski definition) is 4. The van der Waals surface area contributed by atoms with E-state index in [9.17, 15) is 0 Å². The van der Waals surface area contributed by atoms with Crippen molar-refractivity contribution in [2.24, 2.45) is 0 Å². The van der Waals surface area contributed by atoms with E-state index in [1.165, 1.54) is 18.5 Å². The van der Waals surface area contributed by atoms with Crippen LogP contribution in [0.25, 0.3) is 0 Å². The first kappa shape index (κ1) is 12.0. The summed E-state index contributed by atoms with van der Waals surface area (Å²) in [7, 11) is -1.37. The molecule has 1 saturated heterocycles. The first-order valence-electron chi connectivity index (χ1n) is 6.69. The summed E-state index contributed by atoms with van der Waals surface area (Å²) in [5.74, 6) is 0. The molecule has 96 valence electrons. The van der Waals surface area contributed by atoms with E-state index >= 15 is 0 Å². The second-order valence-corrected chi connectivity index (χ2v) is 5.22. The monoisotopic (exact) mass is 246 g/mol. The van der Waals surface area contributed by atoms with Crippen molar-refractivity contribution in [2.75, 3.05) is 31.1 Å². The molecule has 1 aliphatic heterocycles. The summed E-state index contributed by atoms with van der Waals surface area (Å²) in [5.41, 5.74) is 1.73. The van der Waals surface area contributed by atoms with Gasteiger partial charge in [0.1, 0.15) is 0 Å². The first-order chi connectivity index (χ1) is 8.74. The Morgan fingerprint density at radius 3 is 2.06 bits per heavy atom. The molecule has 4 nitrogen and oxygen atoms in total. The molecule has 2 N–H and O–H groups in total. The number of rotatable bonds is 3. The lowest BCUT2D eigenvalue weighted by Gasteiger charge is -2.36. The van der Waals surface area contributed by atoms with E-state index in [1.807, 2.05) is 12.1 Å². The van der Waals surface area contributed by atoms with Crippen LogP contribution >= 0.6 is 0 Å². The van der Waals surface area contributed by atoms with Gasteiger partial charge in [-0.3, -0.25) is 4.90 Å². The van der Waals surface area contributed by atoms with Crippen molar-refractivity contribution in [3.8, 4) is 0 Å². The van der Waals surface area contributed by atoms with Gasteiger partial charge in [0, 0.05) is 37.9 Å². The van der Waals surface area contributed by atoms with Crippen LogP contribution in [0.4, 0.5) is 5.69 Å². The predicted molar refractivity (Wildman–Crippen MR) is 73.1 cm³/mol. The lowest BCUT2D eigenvalue weighted by Crippen LogP contribution is -2.47. The standard InChI is InChI=1S/C13H19BN2O2/c17-14(18)11-1-3-12(4-2-11)15-7-9-16(10-8-15)13-5-6-13/h1-4,13,17-18H,5-10H2. The van der Waals surface area contributed by atoms with Crippen LogP contribution in [-0.2, 0) is 0 Å². The van der Waals surface area contributed by atoms with Crippen LogP contribution in [0.5, 0.6) is 0 Å². The van der Waals surface area contributed by atoms with Gasteiger partial charge in [-0.2, -0.15) is 0 Å². The minimum atomic E-state index is -1.37. The average Bonchev–Trinajstić information content (AvgIpc) is 3.23. The maximum Gasteiger partial charge on any atom is 0.488 e. The summed E-state index contributed by atoms with van der Waals surface area (Å²) in [6, 6.07) is 8.38. The summed E-state index contributed by atoms with van der Waals surface area (Å²) >= 11 is 0. The molecular weight excluding hydrogens is 227 g/mol. The van der Waals surface area contributed by atoms with Gasteiger partial charge in [-0.25, -0.2) is 0 Å². The number of piperazine rings is 1. The van der Waals surface area contributed by atoms with Crippen LogP contribution in [0.2, 0.25) is 0 Å². The van der Waals surface area contributed by atoms with Crippen molar-refractivity contribution < 1.29 is 10.0 Å². The quantitative estimate of drug-likeness (QED) is 0.716. The highest BCUT2D eigenvalue weighted by molar-refractivity contribution is 6.58. The Morgan fingerprint density at radius 1 is 0.944 bits per heavy atom. The average molecular weight is 246 g/mol. The van der Waals surface area contributed by atoms with Crippen molar-refractivity contribution in [2.45, 2.75) is 18.9 Å². The fourth-order valence-electron chi connectivity index (χ4n) is 2.64. The normalized spacial score (nSPS) is 21.1. The zero-order valence-electron chi connectivity index (χ0n) is 10.5. The molecule has 1 aliphatic carbocycles. The maximum absolute atomic E-state index is 9.06. The van der Waals surface area contributed by atoms with E-state index in [0.717, 1.165) is 32.2 Å². The lowest BCUT2D eigenvalue weighted by molar-refractivity contribution is 0.248. The van der Waals surface area contributed by atoms with Crippen molar-refractivity contribution in [1.82, 2.24) is 4.90 Å². The molecule has 3 rings (SSSR count). The molecule has 0 atom stereocenters. The van der Waals surface area contributed by atoms with Crippen molar-refractivity contribution >= 4 is 18.3 Å². The zero-order chi connectivity index (χ0) is 12.5. The van der Waals surface area contributed by atoms with Crippen molar-refractivity contribution in [3.05, 3.63) is 24.3 Å². The third-order valence-corrected chi connectivity index (χ3v) is 3.93. The van der Waals surface area contributed by atoms with E-state index in [2.05, 4.69) is 9.80 Å². The van der Waals surface area contributed by atoms with Gasteiger partial charge in [-0.05, 0) is 30.4 Å². The van der Waals surface area contributed by atoms with Gasteiger partial charge in [0.25, 0.3) is 0 Å². The highest BCUT2D eigenvalue weighted by Crippen LogP contribution is 2.28. The minimum Gasteiger partial charge on any atom is -0.423 e. The van der Waals surface area contributed by atoms with Crippen LogP contribution < -0.4 is 10.4 Å². The highest BCUT2D eigenvalue weighted by Gasteiger charge is 2.31. The summed E-state index contributed by atoms with van der Waals surface area (Å²) in [4.78, 5) is 4.95. The molecule has 0 radical (unpaired) electrons. The fourth-order valence-corrected chi connectivity index (χ4v) is 2.64. The summed E-state index contributed by atoms with van der Waals surface area (Å²) in [6.45, 7) is 4.43. The molecule has 0 spiro atoms. The largest absolute Gasteiger partial charge is 0.488 e. The van der Waals surface area contributed by atoms with E-state index in [-0.39, 0.29) is 0 Å². The van der Waals surface area contributed by atoms with Gasteiger partial charge in [-0.15, -0.1) is 0 Å². The SMILES string of the molecule is OB(O)c1ccc(N2CCN(C3CC3)CC2)cc1. The molecule has 2 aliphatic rings. The number of nitrogens with zero attached hydrogens (tertiary/aromatic N) is 2. The number of benzene rings is 1.